The summed E-state index contributed by atoms with van der Waals surface area (Å²) in [6, 6.07) is 4.69. The molecule has 0 bridgehead atoms. The Morgan fingerprint density at radius 1 is 1.37 bits per heavy atom. The van der Waals surface area contributed by atoms with E-state index < -0.39 is 28.6 Å². The van der Waals surface area contributed by atoms with Crippen LogP contribution in [0.2, 0.25) is 0 Å². The number of guanidine groups is 1. The van der Waals surface area contributed by atoms with Gasteiger partial charge in [-0.1, -0.05) is 12.1 Å². The fourth-order valence-corrected chi connectivity index (χ4v) is 2.66. The van der Waals surface area contributed by atoms with Gasteiger partial charge in [-0.3, -0.25) is 0 Å². The molecule has 0 saturated heterocycles. The van der Waals surface area contributed by atoms with E-state index in [1.165, 1.54) is 12.1 Å². The molecule has 8 nitrogen and oxygen atoms in total. The molecule has 1 aromatic carbocycles. The van der Waals surface area contributed by atoms with Crippen molar-refractivity contribution < 1.29 is 23.4 Å². The predicted molar refractivity (Wildman–Crippen MR) is 66.3 cm³/mol. The molecule has 0 spiro atoms. The minimum absolute atomic E-state index is 0.0461. The Hall–Kier alpha value is -2.13. The molecule has 1 aliphatic rings. The number of aliphatic hydroxyl groups excluding tert-OH is 1. The Morgan fingerprint density at radius 3 is 2.68 bits per heavy atom. The number of hydrogen-bond donors (Lipinski definition) is 4. The number of nitrogens with one attached hydrogen (secondary N) is 2. The second kappa shape index (κ2) is 4.86. The maximum Gasteiger partial charge on any atom is 0.330 e. The second-order valence-corrected chi connectivity index (χ2v) is 5.39. The molecule has 0 radical (unpaired) electrons. The molecule has 19 heavy (non-hydrogen) atoms. The molecule has 102 valence electrons. The van der Waals surface area contributed by atoms with Crippen LogP contribution in [0.1, 0.15) is 0 Å². The first-order chi connectivity index (χ1) is 8.94. The molecule has 4 N–H and O–H groups in total. The number of benzene rings is 1. The summed E-state index contributed by atoms with van der Waals surface area (Å²) in [6.45, 7) is -0.732. The third-order valence-corrected chi connectivity index (χ3v) is 3.80. The van der Waals surface area contributed by atoms with Crippen LogP contribution in [0.4, 0.5) is 5.69 Å². The van der Waals surface area contributed by atoms with Gasteiger partial charge in [0.15, 0.2) is 6.04 Å². The molecule has 0 saturated carbocycles. The van der Waals surface area contributed by atoms with Crippen LogP contribution in [0, 0.1) is 0 Å². The summed E-state index contributed by atoms with van der Waals surface area (Å²) < 4.78 is 25.9. The zero-order chi connectivity index (χ0) is 14.0. The molecule has 1 aliphatic heterocycles. The van der Waals surface area contributed by atoms with E-state index in [1.54, 1.807) is 12.1 Å². The maximum atomic E-state index is 11.9. The third kappa shape index (κ3) is 2.66. The number of aliphatic hydroxyl groups is 1. The Morgan fingerprint density at radius 2 is 2.05 bits per heavy atom. The molecule has 1 aromatic rings. The topological polar surface area (TPSA) is 128 Å². The molecule has 1 heterocycles. The Kier molecular flexibility index (Phi) is 3.40. The number of carboxylic acid groups (broad SMARTS) is 1. The van der Waals surface area contributed by atoms with Crippen LogP contribution < -0.4 is 10.0 Å². The summed E-state index contributed by atoms with van der Waals surface area (Å²) in [5.41, 5.74) is 0.294. The van der Waals surface area contributed by atoms with E-state index in [4.69, 9.17) is 10.2 Å². The van der Waals surface area contributed by atoms with Crippen molar-refractivity contribution in [2.24, 2.45) is 4.99 Å². The molecular formula is C10H11N3O5S. The summed E-state index contributed by atoms with van der Waals surface area (Å²) in [5, 5.41) is 20.3. The lowest BCUT2D eigenvalue weighted by atomic mass is 10.3. The van der Waals surface area contributed by atoms with E-state index in [9.17, 15) is 13.2 Å². The van der Waals surface area contributed by atoms with Crippen molar-refractivity contribution in [3.63, 3.8) is 0 Å². The van der Waals surface area contributed by atoms with Crippen molar-refractivity contribution >= 4 is 27.6 Å². The summed E-state index contributed by atoms with van der Waals surface area (Å²) >= 11 is 0. The largest absolute Gasteiger partial charge is 0.480 e. The Labute approximate surface area is 108 Å². The number of anilines is 1. The smallest absolute Gasteiger partial charge is 0.330 e. The van der Waals surface area contributed by atoms with Crippen molar-refractivity contribution in [1.82, 2.24) is 4.72 Å². The summed E-state index contributed by atoms with van der Waals surface area (Å²) in [4.78, 5) is 14.4. The molecular weight excluding hydrogens is 274 g/mol. The SMILES string of the molecule is O=C(O)C(CO)N=C1Nc2ccccc2S(=O)(=O)N1. The first-order valence-electron chi connectivity index (χ1n) is 5.24. The van der Waals surface area contributed by atoms with Crippen molar-refractivity contribution in [2.45, 2.75) is 10.9 Å². The van der Waals surface area contributed by atoms with Gasteiger partial charge in [0, 0.05) is 0 Å². The highest BCUT2D eigenvalue weighted by Gasteiger charge is 2.27. The van der Waals surface area contributed by atoms with E-state index in [0.29, 0.717) is 5.69 Å². The number of aliphatic carboxylic acids is 1. The van der Waals surface area contributed by atoms with E-state index in [1.807, 2.05) is 0 Å². The summed E-state index contributed by atoms with van der Waals surface area (Å²) in [6.07, 6.45) is 0. The van der Waals surface area contributed by atoms with Crippen molar-refractivity contribution in [1.29, 1.82) is 0 Å². The fraction of sp³-hybridized carbons (Fsp3) is 0.200. The van der Waals surface area contributed by atoms with Crippen LogP contribution in [-0.4, -0.2) is 43.2 Å². The molecule has 2 rings (SSSR count). The van der Waals surface area contributed by atoms with Gasteiger partial charge in [0.2, 0.25) is 5.96 Å². The maximum absolute atomic E-state index is 11.9. The average Bonchev–Trinajstić information content (AvgIpc) is 2.35. The van der Waals surface area contributed by atoms with E-state index in [-0.39, 0.29) is 10.9 Å². The molecule has 0 amide bonds. The molecule has 0 fully saturated rings. The van der Waals surface area contributed by atoms with E-state index in [0.717, 1.165) is 0 Å². The highest BCUT2D eigenvalue weighted by Crippen LogP contribution is 2.23. The van der Waals surface area contributed by atoms with Gasteiger partial charge in [0.05, 0.1) is 12.3 Å². The van der Waals surface area contributed by atoms with Crippen LogP contribution in [-0.2, 0) is 14.8 Å². The number of carboxylic acids is 1. The average molecular weight is 285 g/mol. The van der Waals surface area contributed by atoms with Crippen molar-refractivity contribution in [3.05, 3.63) is 24.3 Å². The zero-order valence-electron chi connectivity index (χ0n) is 9.57. The van der Waals surface area contributed by atoms with Crippen LogP contribution in [0.25, 0.3) is 0 Å². The molecule has 1 atom stereocenters. The van der Waals surface area contributed by atoms with Gasteiger partial charge in [0.25, 0.3) is 10.0 Å². The van der Waals surface area contributed by atoms with Crippen molar-refractivity contribution in [2.75, 3.05) is 11.9 Å². The Balaban J connectivity index is 2.40. The van der Waals surface area contributed by atoms with Gasteiger partial charge in [-0.25, -0.2) is 22.9 Å². The van der Waals surface area contributed by atoms with Gasteiger partial charge in [-0.2, -0.15) is 0 Å². The molecule has 0 aliphatic carbocycles. The molecule has 1 unspecified atom stereocenters. The zero-order valence-corrected chi connectivity index (χ0v) is 10.4. The second-order valence-electron chi connectivity index (χ2n) is 3.74. The lowest BCUT2D eigenvalue weighted by Crippen LogP contribution is -2.42. The van der Waals surface area contributed by atoms with E-state index >= 15 is 0 Å². The fourth-order valence-electron chi connectivity index (χ4n) is 1.53. The number of sulfonamides is 1. The number of aliphatic imine (C=N–C) groups is 1. The molecule has 9 heteroatoms. The highest BCUT2D eigenvalue weighted by molar-refractivity contribution is 7.90. The number of para-hydroxylation sites is 1. The molecule has 0 aromatic heterocycles. The Bertz CT molecular complexity index is 640. The van der Waals surface area contributed by atoms with E-state index in [2.05, 4.69) is 15.0 Å². The van der Waals surface area contributed by atoms with Gasteiger partial charge in [0.1, 0.15) is 4.90 Å². The minimum Gasteiger partial charge on any atom is -0.480 e. The summed E-state index contributed by atoms with van der Waals surface area (Å²) in [5.74, 6) is -1.59. The first-order valence-corrected chi connectivity index (χ1v) is 6.72. The standard InChI is InChI=1S/C10H11N3O5S/c14-5-7(9(15)16)12-10-11-6-3-1-2-4-8(6)19(17,18)13-10/h1-4,7,14H,5H2,(H,15,16)(H2,11,12,13). The van der Waals surface area contributed by atoms with Crippen molar-refractivity contribution in [3.8, 4) is 0 Å². The van der Waals surface area contributed by atoms with Crippen LogP contribution >= 0.6 is 0 Å². The number of carbonyl (C=O) groups is 1. The lowest BCUT2D eigenvalue weighted by molar-refractivity contribution is -0.139. The van der Waals surface area contributed by atoms with Gasteiger partial charge >= 0.3 is 5.97 Å². The predicted octanol–water partition coefficient (Wildman–Crippen LogP) is -0.808. The number of rotatable bonds is 3. The third-order valence-electron chi connectivity index (χ3n) is 2.40. The number of fused-ring (bicyclic) bond motifs is 1. The first kappa shape index (κ1) is 13.3. The van der Waals surface area contributed by atoms with Crippen LogP contribution in [0.15, 0.2) is 34.2 Å². The summed E-state index contributed by atoms with van der Waals surface area (Å²) in [7, 11) is -3.79. The minimum atomic E-state index is -3.79. The van der Waals surface area contributed by atoms with Gasteiger partial charge in [-0.05, 0) is 12.1 Å². The van der Waals surface area contributed by atoms with Crippen LogP contribution in [0.3, 0.4) is 0 Å². The highest BCUT2D eigenvalue weighted by atomic mass is 32.2. The van der Waals surface area contributed by atoms with Gasteiger partial charge in [-0.15, -0.1) is 0 Å². The normalized spacial score (nSPS) is 19.9. The van der Waals surface area contributed by atoms with Crippen LogP contribution in [0.5, 0.6) is 0 Å². The quantitative estimate of drug-likeness (QED) is 0.575. The lowest BCUT2D eigenvalue weighted by Gasteiger charge is -2.21. The van der Waals surface area contributed by atoms with Gasteiger partial charge < -0.3 is 15.5 Å². The number of nitrogens with zero attached hydrogens (tertiary/aromatic N) is 1. The monoisotopic (exact) mass is 285 g/mol. The number of hydrogen-bond acceptors (Lipinski definition) is 5.